The first-order valence-electron chi connectivity index (χ1n) is 9.89. The van der Waals surface area contributed by atoms with Crippen LogP contribution in [0, 0.1) is 0 Å². The van der Waals surface area contributed by atoms with Gasteiger partial charge in [0.15, 0.2) is 0 Å². The number of likely N-dealkylation sites (N-methyl/N-ethyl adjacent to an activating group) is 1. The SMILES string of the molecule is CCOC(=O)/C=c1\s/c(=C\c2ccc(CC)cc2)c(=O)n1CC(=O)N(CC)CC. The highest BCUT2D eigenvalue weighted by molar-refractivity contribution is 7.07. The van der Waals surface area contributed by atoms with Gasteiger partial charge in [-0.15, -0.1) is 11.3 Å². The molecule has 0 bridgehead atoms. The predicted molar refractivity (Wildman–Crippen MR) is 116 cm³/mol. The van der Waals surface area contributed by atoms with E-state index >= 15 is 0 Å². The van der Waals surface area contributed by atoms with Gasteiger partial charge in [-0.3, -0.25) is 14.2 Å². The zero-order valence-electron chi connectivity index (χ0n) is 17.4. The second-order valence-corrected chi connectivity index (χ2v) is 7.46. The van der Waals surface area contributed by atoms with Gasteiger partial charge in [0.25, 0.3) is 5.56 Å². The predicted octanol–water partition coefficient (Wildman–Crippen LogP) is 1.51. The van der Waals surface area contributed by atoms with Crippen LogP contribution in [0.15, 0.2) is 29.1 Å². The van der Waals surface area contributed by atoms with Crippen LogP contribution in [0.5, 0.6) is 0 Å². The van der Waals surface area contributed by atoms with Crippen LogP contribution in [0.1, 0.15) is 38.8 Å². The largest absolute Gasteiger partial charge is 0.463 e. The van der Waals surface area contributed by atoms with Gasteiger partial charge in [-0.2, -0.15) is 0 Å². The Hall–Kier alpha value is -2.67. The summed E-state index contributed by atoms with van der Waals surface area (Å²) < 4.78 is 7.21. The van der Waals surface area contributed by atoms with E-state index in [1.807, 2.05) is 38.1 Å². The normalized spacial score (nSPS) is 12.3. The quantitative estimate of drug-likeness (QED) is 0.612. The third-order valence-corrected chi connectivity index (χ3v) is 5.62. The van der Waals surface area contributed by atoms with E-state index in [0.717, 1.165) is 12.0 Å². The van der Waals surface area contributed by atoms with Gasteiger partial charge >= 0.3 is 5.97 Å². The number of thiazole rings is 1. The third-order valence-electron chi connectivity index (χ3n) is 4.56. The lowest BCUT2D eigenvalue weighted by molar-refractivity contribution is -0.135. The Kier molecular flexibility index (Phi) is 8.39. The zero-order chi connectivity index (χ0) is 21.4. The third kappa shape index (κ3) is 5.90. The minimum absolute atomic E-state index is 0.106. The molecule has 0 N–H and O–H groups in total. The Labute approximate surface area is 174 Å². The molecule has 1 heterocycles. The summed E-state index contributed by atoms with van der Waals surface area (Å²) in [5.41, 5.74) is 1.82. The fourth-order valence-corrected chi connectivity index (χ4v) is 3.92. The molecule has 6 nitrogen and oxygen atoms in total. The monoisotopic (exact) mass is 416 g/mol. The highest BCUT2D eigenvalue weighted by Crippen LogP contribution is 2.05. The molecule has 0 fully saturated rings. The van der Waals surface area contributed by atoms with Gasteiger partial charge in [-0.1, -0.05) is 31.2 Å². The Bertz CT molecular complexity index is 1010. The molecular weight excluding hydrogens is 388 g/mol. The van der Waals surface area contributed by atoms with E-state index in [4.69, 9.17) is 4.74 Å². The number of esters is 1. The molecule has 0 radical (unpaired) electrons. The van der Waals surface area contributed by atoms with Crippen LogP contribution in [0.2, 0.25) is 0 Å². The van der Waals surface area contributed by atoms with Crippen molar-refractivity contribution in [2.45, 2.75) is 40.7 Å². The Balaban J connectivity index is 2.55. The average Bonchev–Trinajstić information content (AvgIpc) is 2.98. The molecule has 1 aromatic heterocycles. The second-order valence-electron chi connectivity index (χ2n) is 6.40. The lowest BCUT2D eigenvalue weighted by atomic mass is 10.1. The van der Waals surface area contributed by atoms with Crippen LogP contribution >= 0.6 is 11.3 Å². The molecule has 29 heavy (non-hydrogen) atoms. The second kappa shape index (κ2) is 10.8. The van der Waals surface area contributed by atoms with Crippen molar-refractivity contribution in [2.24, 2.45) is 0 Å². The number of hydrogen-bond donors (Lipinski definition) is 0. The molecular formula is C22H28N2O4S. The standard InChI is InChI=1S/C22H28N2O4S/c1-5-16-9-11-17(12-10-16)13-18-22(27)24(15-19(25)23(6-2)7-3)20(29-18)14-21(26)28-8-4/h9-14H,5-8,15H2,1-4H3/b18-13-,20-14-. The van der Waals surface area contributed by atoms with E-state index in [2.05, 4.69) is 6.92 Å². The number of benzene rings is 1. The number of aromatic nitrogens is 1. The fourth-order valence-electron chi connectivity index (χ4n) is 2.89. The molecule has 1 amide bonds. The first-order chi connectivity index (χ1) is 13.9. The van der Waals surface area contributed by atoms with Crippen molar-refractivity contribution in [1.82, 2.24) is 9.47 Å². The highest BCUT2D eigenvalue weighted by atomic mass is 32.1. The molecule has 0 atom stereocenters. The van der Waals surface area contributed by atoms with E-state index in [-0.39, 0.29) is 24.6 Å². The van der Waals surface area contributed by atoms with Gasteiger partial charge in [-0.05, 0) is 44.4 Å². The maximum absolute atomic E-state index is 13.0. The smallest absolute Gasteiger partial charge is 0.333 e. The summed E-state index contributed by atoms with van der Waals surface area (Å²) in [6, 6.07) is 7.96. The Morgan fingerprint density at radius 2 is 1.76 bits per heavy atom. The molecule has 0 saturated heterocycles. The Morgan fingerprint density at radius 1 is 1.10 bits per heavy atom. The number of ether oxygens (including phenoxy) is 1. The van der Waals surface area contributed by atoms with E-state index in [9.17, 15) is 14.4 Å². The van der Waals surface area contributed by atoms with Crippen LogP contribution in [0.3, 0.4) is 0 Å². The lowest BCUT2D eigenvalue weighted by Crippen LogP contribution is -2.40. The van der Waals surface area contributed by atoms with Gasteiger partial charge in [-0.25, -0.2) is 4.79 Å². The van der Waals surface area contributed by atoms with E-state index in [1.165, 1.54) is 27.5 Å². The average molecular weight is 417 g/mol. The van der Waals surface area contributed by atoms with Crippen molar-refractivity contribution in [3.8, 4) is 0 Å². The first kappa shape index (κ1) is 22.6. The molecule has 2 aromatic rings. The van der Waals surface area contributed by atoms with E-state index < -0.39 is 5.97 Å². The summed E-state index contributed by atoms with van der Waals surface area (Å²) in [5.74, 6) is -0.691. The first-order valence-corrected chi connectivity index (χ1v) is 10.7. The van der Waals surface area contributed by atoms with Gasteiger partial charge in [0.05, 0.1) is 17.2 Å². The number of rotatable bonds is 8. The maximum atomic E-state index is 13.0. The van der Waals surface area contributed by atoms with Gasteiger partial charge < -0.3 is 9.64 Å². The van der Waals surface area contributed by atoms with Crippen LogP contribution < -0.4 is 14.8 Å². The molecule has 0 unspecified atom stereocenters. The summed E-state index contributed by atoms with van der Waals surface area (Å²) in [6.07, 6.45) is 4.01. The number of aryl methyl sites for hydroxylation is 1. The molecule has 0 saturated carbocycles. The van der Waals surface area contributed by atoms with Crippen molar-refractivity contribution in [3.05, 3.63) is 54.9 Å². The summed E-state index contributed by atoms with van der Waals surface area (Å²) in [7, 11) is 0. The fraction of sp³-hybridized carbons (Fsp3) is 0.409. The van der Waals surface area contributed by atoms with Crippen molar-refractivity contribution in [3.63, 3.8) is 0 Å². The van der Waals surface area contributed by atoms with Crippen molar-refractivity contribution >= 4 is 35.4 Å². The lowest BCUT2D eigenvalue weighted by Gasteiger charge is -2.18. The van der Waals surface area contributed by atoms with E-state index in [0.29, 0.717) is 22.3 Å². The number of carbonyl (C=O) groups excluding carboxylic acids is 2. The van der Waals surface area contributed by atoms with Crippen molar-refractivity contribution < 1.29 is 14.3 Å². The Morgan fingerprint density at radius 3 is 2.31 bits per heavy atom. The molecule has 0 spiro atoms. The van der Waals surface area contributed by atoms with E-state index in [1.54, 1.807) is 17.9 Å². The van der Waals surface area contributed by atoms with Crippen LogP contribution in [-0.2, 0) is 27.3 Å². The molecule has 0 aliphatic heterocycles. The number of nitrogens with zero attached hydrogens (tertiary/aromatic N) is 2. The number of amides is 1. The molecule has 7 heteroatoms. The summed E-state index contributed by atoms with van der Waals surface area (Å²) in [6.45, 7) is 8.85. The molecule has 156 valence electrons. The summed E-state index contributed by atoms with van der Waals surface area (Å²) in [5, 5.41) is 0. The van der Waals surface area contributed by atoms with Crippen LogP contribution in [0.4, 0.5) is 0 Å². The summed E-state index contributed by atoms with van der Waals surface area (Å²) >= 11 is 1.18. The molecule has 1 aromatic carbocycles. The highest BCUT2D eigenvalue weighted by Gasteiger charge is 2.14. The molecule has 2 rings (SSSR count). The zero-order valence-corrected chi connectivity index (χ0v) is 18.3. The van der Waals surface area contributed by atoms with Gasteiger partial charge in [0.1, 0.15) is 11.2 Å². The minimum Gasteiger partial charge on any atom is -0.463 e. The van der Waals surface area contributed by atoms with Gasteiger partial charge in [0, 0.05) is 13.1 Å². The maximum Gasteiger partial charge on any atom is 0.333 e. The number of hydrogen-bond acceptors (Lipinski definition) is 5. The van der Waals surface area contributed by atoms with Crippen LogP contribution in [0.25, 0.3) is 12.2 Å². The van der Waals surface area contributed by atoms with Crippen molar-refractivity contribution in [1.29, 1.82) is 0 Å². The van der Waals surface area contributed by atoms with Crippen molar-refractivity contribution in [2.75, 3.05) is 19.7 Å². The number of carbonyl (C=O) groups is 2. The van der Waals surface area contributed by atoms with Gasteiger partial charge in [0.2, 0.25) is 5.91 Å². The minimum atomic E-state index is -0.531. The molecule has 0 aliphatic carbocycles. The summed E-state index contributed by atoms with van der Waals surface area (Å²) in [4.78, 5) is 39.2. The van der Waals surface area contributed by atoms with Crippen LogP contribution in [-0.4, -0.2) is 41.0 Å². The topological polar surface area (TPSA) is 68.6 Å². The molecule has 0 aliphatic rings.